The summed E-state index contributed by atoms with van der Waals surface area (Å²) in [6.07, 6.45) is 1.44. The molecular weight excluding hydrogens is 376 g/mol. The van der Waals surface area contributed by atoms with Crippen LogP contribution in [-0.4, -0.2) is 19.6 Å². The van der Waals surface area contributed by atoms with Crippen LogP contribution in [0.4, 0.5) is 5.69 Å². The van der Waals surface area contributed by atoms with Gasteiger partial charge in [-0.1, -0.05) is 38.1 Å². The summed E-state index contributed by atoms with van der Waals surface area (Å²) in [6.45, 7) is 5.33. The molecule has 0 saturated heterocycles. The third-order valence-electron chi connectivity index (χ3n) is 5.11. The van der Waals surface area contributed by atoms with E-state index in [1.54, 1.807) is 7.11 Å². The van der Waals surface area contributed by atoms with E-state index in [1.165, 1.54) is 0 Å². The molecule has 28 heavy (non-hydrogen) atoms. The molecular formula is C22H31ClN2O3. The Balaban J connectivity index is 0.00000392. The van der Waals surface area contributed by atoms with Gasteiger partial charge in [-0.2, -0.15) is 0 Å². The van der Waals surface area contributed by atoms with Gasteiger partial charge in [0, 0.05) is 12.2 Å². The molecule has 0 radical (unpaired) electrons. The SMILES string of the molecule is CCC(CC)(CN)C(=O)Nc1cccc(COCc2ccc(OC)cc2)c1.Cl. The number of amides is 1. The summed E-state index contributed by atoms with van der Waals surface area (Å²) in [7, 11) is 1.65. The predicted octanol–water partition coefficient (Wildman–Crippen LogP) is 4.54. The molecule has 0 unspecified atom stereocenters. The van der Waals surface area contributed by atoms with E-state index in [2.05, 4.69) is 5.32 Å². The number of nitrogens with two attached hydrogens (primary N) is 1. The summed E-state index contributed by atoms with van der Waals surface area (Å²) in [5, 5.41) is 3.01. The highest BCUT2D eigenvalue weighted by atomic mass is 35.5. The largest absolute Gasteiger partial charge is 0.497 e. The molecule has 0 fully saturated rings. The topological polar surface area (TPSA) is 73.6 Å². The molecule has 0 bridgehead atoms. The van der Waals surface area contributed by atoms with Crippen molar-refractivity contribution >= 4 is 24.0 Å². The third kappa shape index (κ3) is 6.23. The van der Waals surface area contributed by atoms with Crippen molar-refractivity contribution in [1.29, 1.82) is 0 Å². The van der Waals surface area contributed by atoms with E-state index in [9.17, 15) is 4.79 Å². The maximum absolute atomic E-state index is 12.7. The first-order valence-corrected chi connectivity index (χ1v) is 9.38. The van der Waals surface area contributed by atoms with E-state index < -0.39 is 5.41 Å². The Bertz CT molecular complexity index is 723. The molecule has 0 spiro atoms. The van der Waals surface area contributed by atoms with E-state index in [0.29, 0.717) is 19.8 Å². The zero-order chi connectivity index (χ0) is 19.7. The lowest BCUT2D eigenvalue weighted by Crippen LogP contribution is -2.41. The number of ether oxygens (including phenoxy) is 2. The number of hydrogen-bond donors (Lipinski definition) is 2. The van der Waals surface area contributed by atoms with Crippen LogP contribution in [-0.2, 0) is 22.7 Å². The minimum Gasteiger partial charge on any atom is -0.497 e. The molecule has 6 heteroatoms. The van der Waals surface area contributed by atoms with Crippen LogP contribution in [0.2, 0.25) is 0 Å². The second kappa shape index (κ2) is 11.7. The minimum atomic E-state index is -0.513. The van der Waals surface area contributed by atoms with Gasteiger partial charge in [0.2, 0.25) is 5.91 Å². The standard InChI is InChI=1S/C22H30N2O3.ClH/c1-4-22(5-2,16-23)21(25)24-19-8-6-7-18(13-19)15-27-14-17-9-11-20(26-3)12-10-17;/h6-13H,4-5,14-16,23H2,1-3H3,(H,24,25);1H. The molecule has 2 aromatic carbocycles. The Morgan fingerprint density at radius 3 is 2.25 bits per heavy atom. The van der Waals surface area contributed by atoms with Crippen LogP contribution in [0.15, 0.2) is 48.5 Å². The molecule has 0 atom stereocenters. The van der Waals surface area contributed by atoms with Crippen molar-refractivity contribution in [2.75, 3.05) is 19.0 Å². The zero-order valence-corrected chi connectivity index (χ0v) is 17.7. The van der Waals surface area contributed by atoms with Crippen molar-refractivity contribution in [2.45, 2.75) is 39.9 Å². The molecule has 0 aromatic heterocycles. The Morgan fingerprint density at radius 1 is 1.04 bits per heavy atom. The summed E-state index contributed by atoms with van der Waals surface area (Å²) in [5.74, 6) is 0.807. The smallest absolute Gasteiger partial charge is 0.231 e. The molecule has 0 aliphatic heterocycles. The fraction of sp³-hybridized carbons (Fsp3) is 0.409. The normalized spacial score (nSPS) is 10.9. The first-order valence-electron chi connectivity index (χ1n) is 9.38. The fourth-order valence-corrected chi connectivity index (χ4v) is 2.96. The van der Waals surface area contributed by atoms with Crippen LogP contribution in [0, 0.1) is 5.41 Å². The monoisotopic (exact) mass is 406 g/mol. The summed E-state index contributed by atoms with van der Waals surface area (Å²) < 4.78 is 10.9. The summed E-state index contributed by atoms with van der Waals surface area (Å²) in [5.41, 5.74) is 8.21. The third-order valence-corrected chi connectivity index (χ3v) is 5.11. The first kappa shape index (κ1) is 24.0. The molecule has 0 heterocycles. The first-order chi connectivity index (χ1) is 13.1. The summed E-state index contributed by atoms with van der Waals surface area (Å²) in [6, 6.07) is 15.5. The number of rotatable bonds is 10. The number of anilines is 1. The highest BCUT2D eigenvalue weighted by molar-refractivity contribution is 5.95. The van der Waals surface area contributed by atoms with Crippen LogP contribution in [0.5, 0.6) is 5.75 Å². The second-order valence-corrected chi connectivity index (χ2v) is 6.69. The Labute approximate surface area is 174 Å². The Kier molecular flexibility index (Phi) is 10.0. The van der Waals surface area contributed by atoms with Crippen molar-refractivity contribution in [1.82, 2.24) is 0 Å². The van der Waals surface area contributed by atoms with Gasteiger partial charge >= 0.3 is 0 Å². The maximum Gasteiger partial charge on any atom is 0.231 e. The van der Waals surface area contributed by atoms with Gasteiger partial charge < -0.3 is 20.5 Å². The van der Waals surface area contributed by atoms with E-state index in [4.69, 9.17) is 15.2 Å². The van der Waals surface area contributed by atoms with Crippen molar-refractivity contribution < 1.29 is 14.3 Å². The molecule has 3 N–H and O–H groups in total. The molecule has 154 valence electrons. The molecule has 1 amide bonds. The lowest BCUT2D eigenvalue weighted by atomic mass is 9.81. The Morgan fingerprint density at radius 2 is 1.68 bits per heavy atom. The quantitative estimate of drug-likeness (QED) is 0.607. The highest BCUT2D eigenvalue weighted by Crippen LogP contribution is 2.27. The van der Waals surface area contributed by atoms with E-state index >= 15 is 0 Å². The molecule has 2 aromatic rings. The predicted molar refractivity (Wildman–Crippen MR) is 116 cm³/mol. The van der Waals surface area contributed by atoms with Gasteiger partial charge in [0.25, 0.3) is 0 Å². The Hall–Kier alpha value is -2.08. The van der Waals surface area contributed by atoms with Crippen LogP contribution in [0.3, 0.4) is 0 Å². The molecule has 0 aliphatic rings. The van der Waals surface area contributed by atoms with Crippen molar-refractivity contribution in [2.24, 2.45) is 11.1 Å². The van der Waals surface area contributed by atoms with Crippen molar-refractivity contribution in [3.05, 3.63) is 59.7 Å². The lowest BCUT2D eigenvalue weighted by Gasteiger charge is -2.28. The highest BCUT2D eigenvalue weighted by Gasteiger charge is 2.33. The average Bonchev–Trinajstić information content (AvgIpc) is 2.70. The number of carbonyl (C=O) groups is 1. The van der Waals surface area contributed by atoms with Crippen molar-refractivity contribution in [3.8, 4) is 5.75 Å². The van der Waals surface area contributed by atoms with E-state index in [-0.39, 0.29) is 18.3 Å². The van der Waals surface area contributed by atoms with Gasteiger partial charge in [0.15, 0.2) is 0 Å². The number of nitrogens with one attached hydrogen (secondary N) is 1. The molecule has 0 aliphatic carbocycles. The van der Waals surface area contributed by atoms with Gasteiger partial charge in [-0.3, -0.25) is 4.79 Å². The van der Waals surface area contributed by atoms with Gasteiger partial charge in [0.05, 0.1) is 25.7 Å². The number of halogens is 1. The second-order valence-electron chi connectivity index (χ2n) is 6.69. The number of methoxy groups -OCH3 is 1. The van der Waals surface area contributed by atoms with Crippen LogP contribution in [0.25, 0.3) is 0 Å². The molecule has 2 rings (SSSR count). The number of carbonyl (C=O) groups excluding carboxylic acids is 1. The van der Waals surface area contributed by atoms with E-state index in [0.717, 1.165) is 35.4 Å². The van der Waals surface area contributed by atoms with Crippen molar-refractivity contribution in [3.63, 3.8) is 0 Å². The van der Waals surface area contributed by atoms with Gasteiger partial charge in [-0.25, -0.2) is 0 Å². The van der Waals surface area contributed by atoms with Crippen LogP contribution < -0.4 is 15.8 Å². The minimum absolute atomic E-state index is 0. The fourth-order valence-electron chi connectivity index (χ4n) is 2.96. The number of hydrogen-bond acceptors (Lipinski definition) is 4. The summed E-state index contributed by atoms with van der Waals surface area (Å²) in [4.78, 5) is 12.7. The van der Waals surface area contributed by atoms with Gasteiger partial charge in [0.1, 0.15) is 5.75 Å². The lowest BCUT2D eigenvalue weighted by molar-refractivity contribution is -0.125. The number of benzene rings is 2. The van der Waals surface area contributed by atoms with Crippen LogP contribution in [0.1, 0.15) is 37.8 Å². The van der Waals surface area contributed by atoms with Gasteiger partial charge in [-0.15, -0.1) is 12.4 Å². The summed E-state index contributed by atoms with van der Waals surface area (Å²) >= 11 is 0. The van der Waals surface area contributed by atoms with Crippen LogP contribution >= 0.6 is 12.4 Å². The van der Waals surface area contributed by atoms with E-state index in [1.807, 2.05) is 62.4 Å². The average molecular weight is 407 g/mol. The maximum atomic E-state index is 12.7. The van der Waals surface area contributed by atoms with Gasteiger partial charge in [-0.05, 0) is 48.2 Å². The zero-order valence-electron chi connectivity index (χ0n) is 16.9. The molecule has 0 saturated carbocycles. The molecule has 5 nitrogen and oxygen atoms in total.